The highest BCUT2D eigenvalue weighted by atomic mass is 16.6. The molecule has 0 amide bonds. The smallest absolute Gasteiger partial charge is 0.306 e. The van der Waals surface area contributed by atoms with E-state index in [1.165, 1.54) is 315 Å². The van der Waals surface area contributed by atoms with E-state index in [9.17, 15) is 14.4 Å². The summed E-state index contributed by atoms with van der Waals surface area (Å²) >= 11 is 0. The second kappa shape index (κ2) is 70.4. The topological polar surface area (TPSA) is 78.9 Å². The first-order valence-electron chi connectivity index (χ1n) is 36.8. The number of carbonyl (C=O) groups excluding carboxylic acids is 3. The van der Waals surface area contributed by atoms with E-state index in [0.29, 0.717) is 19.3 Å². The molecule has 0 aliphatic rings. The highest BCUT2D eigenvalue weighted by Crippen LogP contribution is 2.19. The van der Waals surface area contributed by atoms with Crippen LogP contribution in [0.25, 0.3) is 0 Å². The molecule has 0 heterocycles. The number of esters is 3. The summed E-state index contributed by atoms with van der Waals surface area (Å²) in [6, 6.07) is 0. The van der Waals surface area contributed by atoms with Crippen molar-refractivity contribution in [3.05, 3.63) is 24.3 Å². The number of hydrogen-bond acceptors (Lipinski definition) is 6. The Kier molecular flexibility index (Phi) is 68.5. The van der Waals surface area contributed by atoms with Crippen LogP contribution in [0.4, 0.5) is 0 Å². The molecule has 0 saturated carbocycles. The van der Waals surface area contributed by atoms with Crippen LogP contribution in [-0.4, -0.2) is 37.2 Å². The maximum Gasteiger partial charge on any atom is 0.306 e. The molecule has 1 atom stereocenters. The highest BCUT2D eigenvalue weighted by Gasteiger charge is 2.20. The lowest BCUT2D eigenvalue weighted by atomic mass is 10.0. The number of unbranched alkanes of at least 4 members (excludes halogenated alkanes) is 54. The van der Waals surface area contributed by atoms with Gasteiger partial charge in [0, 0.05) is 19.3 Å². The van der Waals surface area contributed by atoms with E-state index in [2.05, 4.69) is 45.1 Å². The molecule has 0 bridgehead atoms. The molecule has 0 rings (SSSR count). The first-order chi connectivity index (χ1) is 40.0. The Hall–Kier alpha value is -2.11. The molecule has 478 valence electrons. The van der Waals surface area contributed by atoms with Crippen molar-refractivity contribution in [1.29, 1.82) is 0 Å². The predicted molar refractivity (Wildman–Crippen MR) is 353 cm³/mol. The van der Waals surface area contributed by atoms with Crippen LogP contribution >= 0.6 is 0 Å². The average Bonchev–Trinajstić information content (AvgIpc) is 3.47. The van der Waals surface area contributed by atoms with Gasteiger partial charge in [0.05, 0.1) is 0 Å². The second-order valence-corrected chi connectivity index (χ2v) is 25.2. The van der Waals surface area contributed by atoms with E-state index in [4.69, 9.17) is 14.2 Å². The van der Waals surface area contributed by atoms with Gasteiger partial charge in [0.2, 0.25) is 0 Å². The van der Waals surface area contributed by atoms with Crippen molar-refractivity contribution in [2.75, 3.05) is 13.2 Å². The summed E-state index contributed by atoms with van der Waals surface area (Å²) in [5.74, 6) is -0.826. The van der Waals surface area contributed by atoms with Crippen molar-refractivity contribution in [3.63, 3.8) is 0 Å². The first-order valence-corrected chi connectivity index (χ1v) is 36.8. The number of ether oxygens (including phenoxy) is 3. The van der Waals surface area contributed by atoms with Crippen LogP contribution in [0.15, 0.2) is 24.3 Å². The van der Waals surface area contributed by atoms with Gasteiger partial charge in [0.25, 0.3) is 0 Å². The van der Waals surface area contributed by atoms with E-state index >= 15 is 0 Å². The summed E-state index contributed by atoms with van der Waals surface area (Å²) in [5.41, 5.74) is 0. The zero-order valence-electron chi connectivity index (χ0n) is 55.1. The molecule has 0 aliphatic heterocycles. The molecule has 0 aliphatic carbocycles. The summed E-state index contributed by atoms with van der Waals surface area (Å²) in [6.07, 6.45) is 86.4. The molecule has 0 aromatic rings. The molecule has 0 N–H and O–H groups in total. The summed E-state index contributed by atoms with van der Waals surface area (Å²) in [4.78, 5) is 38.5. The van der Waals surface area contributed by atoms with Gasteiger partial charge in [-0.2, -0.15) is 0 Å². The molecule has 0 radical (unpaired) electrons. The van der Waals surface area contributed by atoms with Crippen molar-refractivity contribution in [2.45, 2.75) is 425 Å². The third kappa shape index (κ3) is 68.6. The fraction of sp³-hybridized carbons (Fsp3) is 0.907. The standard InChI is InChI=1S/C75H142O6/c1-4-7-10-13-16-19-22-25-28-31-34-35-36-37-38-39-42-44-47-50-53-56-59-62-65-68-74(77)80-71-72(81-75(78)69-66-63-60-57-54-51-48-45-41-33-30-27-24-21-18-15-12-9-6-3)70-79-73(76)67-64-61-58-55-52-49-46-43-40-32-29-26-23-20-17-14-11-8-5-2/h22,25,31,34,72H,4-21,23-24,26-30,32-33,35-71H2,1-3H3/b25-22-,34-31-. The summed E-state index contributed by atoms with van der Waals surface area (Å²) in [7, 11) is 0. The predicted octanol–water partition coefficient (Wildman–Crippen LogP) is 25.3. The average molecular weight is 1140 g/mol. The Bertz CT molecular complexity index is 1310. The third-order valence-corrected chi connectivity index (χ3v) is 17.0. The lowest BCUT2D eigenvalue weighted by Gasteiger charge is -2.18. The van der Waals surface area contributed by atoms with E-state index in [0.717, 1.165) is 64.2 Å². The minimum absolute atomic E-state index is 0.0637. The quantitative estimate of drug-likeness (QED) is 0.0261. The lowest BCUT2D eigenvalue weighted by Crippen LogP contribution is -2.30. The fourth-order valence-corrected chi connectivity index (χ4v) is 11.4. The molecule has 0 spiro atoms. The Morgan fingerprint density at radius 3 is 0.679 bits per heavy atom. The molecular weight excluding hydrogens is 997 g/mol. The summed E-state index contributed by atoms with van der Waals surface area (Å²) < 4.78 is 17.0. The molecule has 0 aromatic heterocycles. The Labute approximate surface area is 506 Å². The minimum atomic E-state index is -0.768. The molecule has 6 heteroatoms. The SMILES string of the molecule is CCCCCCC/C=C\C/C=C\CCCCCCCCCCCCCCCC(=O)OCC(COC(=O)CCCCCCCCCCCCCCCCCCCCC)OC(=O)CCCCCCCCCCCCCCCCCCCCC. The van der Waals surface area contributed by atoms with Gasteiger partial charge in [-0.05, 0) is 51.4 Å². The first kappa shape index (κ1) is 78.9. The molecule has 0 fully saturated rings. The van der Waals surface area contributed by atoms with E-state index in [1.54, 1.807) is 0 Å². The highest BCUT2D eigenvalue weighted by molar-refractivity contribution is 5.71. The number of allylic oxidation sites excluding steroid dienone is 4. The van der Waals surface area contributed by atoms with E-state index in [1.807, 2.05) is 0 Å². The molecule has 81 heavy (non-hydrogen) atoms. The van der Waals surface area contributed by atoms with Crippen molar-refractivity contribution in [2.24, 2.45) is 0 Å². The number of rotatable bonds is 69. The lowest BCUT2D eigenvalue weighted by molar-refractivity contribution is -0.167. The molecular formula is C75H142O6. The zero-order valence-corrected chi connectivity index (χ0v) is 55.1. The van der Waals surface area contributed by atoms with Crippen molar-refractivity contribution >= 4 is 17.9 Å². The Balaban J connectivity index is 4.27. The molecule has 0 aromatic carbocycles. The fourth-order valence-electron chi connectivity index (χ4n) is 11.4. The summed E-state index contributed by atoms with van der Waals surface area (Å²) in [5, 5.41) is 0. The normalized spacial score (nSPS) is 12.1. The van der Waals surface area contributed by atoms with Crippen LogP contribution in [0.1, 0.15) is 419 Å². The van der Waals surface area contributed by atoms with Crippen LogP contribution in [0, 0.1) is 0 Å². The van der Waals surface area contributed by atoms with Gasteiger partial charge in [-0.15, -0.1) is 0 Å². The van der Waals surface area contributed by atoms with Gasteiger partial charge >= 0.3 is 17.9 Å². The molecule has 0 saturated heterocycles. The minimum Gasteiger partial charge on any atom is -0.462 e. The van der Waals surface area contributed by atoms with Crippen LogP contribution in [0.5, 0.6) is 0 Å². The van der Waals surface area contributed by atoms with Gasteiger partial charge in [0.1, 0.15) is 13.2 Å². The maximum absolute atomic E-state index is 13.0. The summed E-state index contributed by atoms with van der Waals surface area (Å²) in [6.45, 7) is 6.73. The van der Waals surface area contributed by atoms with Gasteiger partial charge in [-0.25, -0.2) is 0 Å². The van der Waals surface area contributed by atoms with E-state index in [-0.39, 0.29) is 31.1 Å². The Morgan fingerprint density at radius 1 is 0.247 bits per heavy atom. The number of hydrogen-bond donors (Lipinski definition) is 0. The van der Waals surface area contributed by atoms with Crippen molar-refractivity contribution < 1.29 is 28.6 Å². The number of carbonyl (C=O) groups is 3. The van der Waals surface area contributed by atoms with Crippen LogP contribution in [0.2, 0.25) is 0 Å². The van der Waals surface area contributed by atoms with Crippen LogP contribution in [-0.2, 0) is 28.6 Å². The zero-order chi connectivity index (χ0) is 58.5. The maximum atomic E-state index is 13.0. The van der Waals surface area contributed by atoms with Crippen molar-refractivity contribution in [1.82, 2.24) is 0 Å². The van der Waals surface area contributed by atoms with Crippen molar-refractivity contribution in [3.8, 4) is 0 Å². The van der Waals surface area contributed by atoms with E-state index < -0.39 is 6.10 Å². The van der Waals surface area contributed by atoms with Gasteiger partial charge < -0.3 is 14.2 Å². The molecule has 1 unspecified atom stereocenters. The van der Waals surface area contributed by atoms with Crippen LogP contribution in [0.3, 0.4) is 0 Å². The Morgan fingerprint density at radius 2 is 0.444 bits per heavy atom. The van der Waals surface area contributed by atoms with Gasteiger partial charge in [-0.1, -0.05) is 373 Å². The van der Waals surface area contributed by atoms with Gasteiger partial charge in [-0.3, -0.25) is 14.4 Å². The van der Waals surface area contributed by atoms with Crippen LogP contribution < -0.4 is 0 Å². The largest absolute Gasteiger partial charge is 0.462 e. The van der Waals surface area contributed by atoms with Gasteiger partial charge in [0.15, 0.2) is 6.10 Å². The monoisotopic (exact) mass is 1140 g/mol. The molecule has 6 nitrogen and oxygen atoms in total. The third-order valence-electron chi connectivity index (χ3n) is 17.0. The second-order valence-electron chi connectivity index (χ2n) is 25.2.